The molecule has 1 aromatic carbocycles. The van der Waals surface area contributed by atoms with E-state index in [1.165, 1.54) is 11.3 Å². The van der Waals surface area contributed by atoms with Gasteiger partial charge in [0, 0.05) is 42.7 Å². The van der Waals surface area contributed by atoms with Crippen LogP contribution in [0.25, 0.3) is 10.9 Å². The van der Waals surface area contributed by atoms with E-state index in [2.05, 4.69) is 23.4 Å². The van der Waals surface area contributed by atoms with Crippen molar-refractivity contribution in [3.05, 3.63) is 35.0 Å². The Hall–Kier alpha value is -1.81. The van der Waals surface area contributed by atoms with Gasteiger partial charge in [-0.25, -0.2) is 4.79 Å². The van der Waals surface area contributed by atoms with Crippen LogP contribution in [0.3, 0.4) is 0 Å². The fourth-order valence-electron chi connectivity index (χ4n) is 3.08. The number of benzene rings is 1. The van der Waals surface area contributed by atoms with Gasteiger partial charge >= 0.3 is 5.97 Å². The van der Waals surface area contributed by atoms with E-state index >= 15 is 0 Å². The lowest BCUT2D eigenvalue weighted by Crippen LogP contribution is -2.27. The summed E-state index contributed by atoms with van der Waals surface area (Å²) >= 11 is 0. The maximum absolute atomic E-state index is 11.1. The zero-order valence-electron chi connectivity index (χ0n) is 11.3. The van der Waals surface area contributed by atoms with Crippen LogP contribution in [-0.2, 0) is 19.5 Å². The summed E-state index contributed by atoms with van der Waals surface area (Å²) in [6.07, 6.45) is 1.04. The lowest BCUT2D eigenvalue weighted by atomic mass is 10.0. The van der Waals surface area contributed by atoms with Gasteiger partial charge in [-0.2, -0.15) is 0 Å². The standard InChI is InChI=1S/C15H18N2O2/c1-3-17-13-5-4-10(15(18)19)8-11(13)12-9-16(2)7-6-14(12)17/h4-5,8H,3,6-7,9H2,1-2H3,(H,18,19). The lowest BCUT2D eigenvalue weighted by molar-refractivity contribution is 0.0697. The number of carboxylic acids is 1. The molecule has 1 aliphatic heterocycles. The van der Waals surface area contributed by atoms with Gasteiger partial charge in [-0.05, 0) is 37.7 Å². The number of carbonyl (C=O) groups is 1. The molecule has 19 heavy (non-hydrogen) atoms. The Kier molecular flexibility index (Phi) is 2.82. The molecule has 0 amide bonds. The van der Waals surface area contributed by atoms with Crippen LogP contribution < -0.4 is 0 Å². The maximum Gasteiger partial charge on any atom is 0.335 e. The highest BCUT2D eigenvalue weighted by molar-refractivity contribution is 5.95. The van der Waals surface area contributed by atoms with E-state index in [9.17, 15) is 4.79 Å². The van der Waals surface area contributed by atoms with Crippen molar-refractivity contribution in [3.63, 3.8) is 0 Å². The maximum atomic E-state index is 11.1. The lowest BCUT2D eigenvalue weighted by Gasteiger charge is -2.24. The van der Waals surface area contributed by atoms with Gasteiger partial charge in [0.25, 0.3) is 0 Å². The molecule has 0 spiro atoms. The number of likely N-dealkylation sites (N-methyl/N-ethyl adjacent to an activating group) is 1. The number of aromatic nitrogens is 1. The van der Waals surface area contributed by atoms with Gasteiger partial charge < -0.3 is 14.6 Å². The van der Waals surface area contributed by atoms with E-state index in [0.717, 1.165) is 37.0 Å². The van der Waals surface area contributed by atoms with Crippen LogP contribution in [0.2, 0.25) is 0 Å². The Morgan fingerprint density at radius 3 is 2.89 bits per heavy atom. The number of fused-ring (bicyclic) bond motifs is 3. The van der Waals surface area contributed by atoms with Crippen LogP contribution in [0.15, 0.2) is 18.2 Å². The van der Waals surface area contributed by atoms with E-state index in [0.29, 0.717) is 5.56 Å². The molecule has 0 fully saturated rings. The highest BCUT2D eigenvalue weighted by atomic mass is 16.4. The molecule has 0 aliphatic carbocycles. The second-order valence-electron chi connectivity index (χ2n) is 5.19. The van der Waals surface area contributed by atoms with Gasteiger partial charge in [-0.3, -0.25) is 0 Å². The normalized spacial score (nSPS) is 15.7. The summed E-state index contributed by atoms with van der Waals surface area (Å²) in [6, 6.07) is 5.47. The van der Waals surface area contributed by atoms with Gasteiger partial charge in [0.05, 0.1) is 5.56 Å². The number of rotatable bonds is 2. The van der Waals surface area contributed by atoms with Gasteiger partial charge in [0.2, 0.25) is 0 Å². The van der Waals surface area contributed by atoms with Crippen molar-refractivity contribution in [2.45, 2.75) is 26.4 Å². The molecular formula is C15H18N2O2. The van der Waals surface area contributed by atoms with Crippen LogP contribution in [-0.4, -0.2) is 34.1 Å². The topological polar surface area (TPSA) is 45.5 Å². The SMILES string of the molecule is CCn1c2c(c3cc(C(=O)O)ccc31)CN(C)CC2. The molecule has 0 saturated heterocycles. The van der Waals surface area contributed by atoms with Gasteiger partial charge in [-0.1, -0.05) is 0 Å². The molecule has 0 saturated carbocycles. The van der Waals surface area contributed by atoms with Crippen molar-refractivity contribution >= 4 is 16.9 Å². The van der Waals surface area contributed by atoms with Crippen molar-refractivity contribution in [2.24, 2.45) is 0 Å². The monoisotopic (exact) mass is 258 g/mol. The van der Waals surface area contributed by atoms with Crippen molar-refractivity contribution in [1.82, 2.24) is 9.47 Å². The van der Waals surface area contributed by atoms with Crippen LogP contribution in [0.5, 0.6) is 0 Å². The van der Waals surface area contributed by atoms with E-state index < -0.39 is 5.97 Å². The molecule has 2 heterocycles. The number of aromatic carboxylic acids is 1. The summed E-state index contributed by atoms with van der Waals surface area (Å²) in [5.74, 6) is -0.857. The van der Waals surface area contributed by atoms with E-state index in [4.69, 9.17) is 5.11 Å². The molecule has 0 radical (unpaired) electrons. The third kappa shape index (κ3) is 1.83. The summed E-state index contributed by atoms with van der Waals surface area (Å²) in [4.78, 5) is 13.4. The highest BCUT2D eigenvalue weighted by Gasteiger charge is 2.22. The van der Waals surface area contributed by atoms with Gasteiger partial charge in [-0.15, -0.1) is 0 Å². The third-order valence-electron chi connectivity index (χ3n) is 4.01. The Balaban J connectivity index is 2.29. The van der Waals surface area contributed by atoms with Gasteiger partial charge in [0.1, 0.15) is 0 Å². The summed E-state index contributed by atoms with van der Waals surface area (Å²) in [6.45, 7) is 5.04. The predicted molar refractivity (Wildman–Crippen MR) is 74.6 cm³/mol. The number of carboxylic acid groups (broad SMARTS) is 1. The predicted octanol–water partition coefficient (Wildman–Crippen LogP) is 2.35. The minimum atomic E-state index is -0.857. The Labute approximate surface area is 112 Å². The Bertz CT molecular complexity index is 658. The van der Waals surface area contributed by atoms with Gasteiger partial charge in [0.15, 0.2) is 0 Å². The zero-order valence-corrected chi connectivity index (χ0v) is 11.3. The molecule has 0 bridgehead atoms. The first kappa shape index (κ1) is 12.2. The molecule has 1 N–H and O–H groups in total. The number of hydrogen-bond donors (Lipinski definition) is 1. The smallest absolute Gasteiger partial charge is 0.335 e. The fourth-order valence-corrected chi connectivity index (χ4v) is 3.08. The molecule has 100 valence electrons. The highest BCUT2D eigenvalue weighted by Crippen LogP contribution is 2.31. The average molecular weight is 258 g/mol. The summed E-state index contributed by atoms with van der Waals surface area (Å²) in [5.41, 5.74) is 4.21. The van der Waals surface area contributed by atoms with Crippen LogP contribution in [0, 0.1) is 0 Å². The molecule has 0 unspecified atom stereocenters. The van der Waals surface area contributed by atoms with Crippen molar-refractivity contribution < 1.29 is 9.90 Å². The zero-order chi connectivity index (χ0) is 13.6. The van der Waals surface area contributed by atoms with E-state index in [1.807, 2.05) is 12.1 Å². The molecule has 4 nitrogen and oxygen atoms in total. The quantitative estimate of drug-likeness (QED) is 0.899. The Morgan fingerprint density at radius 2 is 2.21 bits per heavy atom. The fraction of sp³-hybridized carbons (Fsp3) is 0.400. The minimum Gasteiger partial charge on any atom is -0.478 e. The molecular weight excluding hydrogens is 240 g/mol. The average Bonchev–Trinajstić information content (AvgIpc) is 2.71. The first-order valence-corrected chi connectivity index (χ1v) is 6.67. The van der Waals surface area contributed by atoms with Crippen molar-refractivity contribution in [2.75, 3.05) is 13.6 Å². The number of hydrogen-bond acceptors (Lipinski definition) is 2. The summed E-state index contributed by atoms with van der Waals surface area (Å²) in [5, 5.41) is 10.2. The van der Waals surface area contributed by atoms with Crippen LogP contribution in [0.4, 0.5) is 0 Å². The second-order valence-corrected chi connectivity index (χ2v) is 5.19. The number of aryl methyl sites for hydroxylation is 1. The first-order chi connectivity index (χ1) is 9.11. The minimum absolute atomic E-state index is 0.372. The molecule has 1 aromatic heterocycles. The van der Waals surface area contributed by atoms with Crippen molar-refractivity contribution in [1.29, 1.82) is 0 Å². The van der Waals surface area contributed by atoms with E-state index in [-0.39, 0.29) is 0 Å². The van der Waals surface area contributed by atoms with Crippen LogP contribution in [0.1, 0.15) is 28.5 Å². The van der Waals surface area contributed by atoms with Crippen molar-refractivity contribution in [3.8, 4) is 0 Å². The van der Waals surface area contributed by atoms with E-state index in [1.54, 1.807) is 6.07 Å². The first-order valence-electron chi connectivity index (χ1n) is 6.67. The number of nitrogens with zero attached hydrogens (tertiary/aromatic N) is 2. The third-order valence-corrected chi connectivity index (χ3v) is 4.01. The molecule has 0 atom stereocenters. The summed E-state index contributed by atoms with van der Waals surface area (Å²) in [7, 11) is 2.11. The molecule has 4 heteroatoms. The Morgan fingerprint density at radius 1 is 1.42 bits per heavy atom. The largest absolute Gasteiger partial charge is 0.478 e. The second kappa shape index (κ2) is 4.38. The molecule has 1 aliphatic rings. The summed E-state index contributed by atoms with van der Waals surface area (Å²) < 4.78 is 2.32. The molecule has 3 rings (SSSR count). The van der Waals surface area contributed by atoms with Crippen LogP contribution >= 0.6 is 0 Å². The molecule has 2 aromatic rings.